The van der Waals surface area contributed by atoms with Crippen LogP contribution in [-0.2, 0) is 16.6 Å². The lowest BCUT2D eigenvalue weighted by Crippen LogP contribution is -2.40. The van der Waals surface area contributed by atoms with E-state index < -0.39 is 0 Å². The molecule has 2 aliphatic rings. The highest BCUT2D eigenvalue weighted by molar-refractivity contribution is 7.99. The van der Waals surface area contributed by atoms with Gasteiger partial charge in [-0.15, -0.1) is 11.8 Å². The number of rotatable bonds is 2. The number of carbonyl (C=O) groups is 1. The molecule has 0 unspecified atom stereocenters. The van der Waals surface area contributed by atoms with Crippen LogP contribution in [0.3, 0.4) is 0 Å². The van der Waals surface area contributed by atoms with Crippen molar-refractivity contribution in [2.45, 2.75) is 37.0 Å². The molecule has 1 amide bonds. The van der Waals surface area contributed by atoms with Crippen LogP contribution in [0.15, 0.2) is 47.4 Å². The Hall–Kier alpha value is -2.22. The van der Waals surface area contributed by atoms with Crippen molar-refractivity contribution in [2.24, 2.45) is 0 Å². The molecule has 1 fully saturated rings. The van der Waals surface area contributed by atoms with E-state index in [9.17, 15) is 4.79 Å². The van der Waals surface area contributed by atoms with Crippen LogP contribution in [0.5, 0.6) is 0 Å². The molecule has 0 N–H and O–H groups in total. The summed E-state index contributed by atoms with van der Waals surface area (Å²) in [6, 6.07) is 14.3. The van der Waals surface area contributed by atoms with Crippen LogP contribution in [0.25, 0.3) is 0 Å². The third-order valence-corrected chi connectivity index (χ3v) is 6.92. The first kappa shape index (κ1) is 20.1. The fourth-order valence-corrected chi connectivity index (χ4v) is 5.50. The first-order valence-corrected chi connectivity index (χ1v) is 11.2. The highest BCUT2D eigenvalue weighted by Gasteiger charge is 2.28. The molecule has 0 bridgehead atoms. The fraction of sp³-hybridized carbons (Fsp3) is 0.400. The van der Waals surface area contributed by atoms with Gasteiger partial charge in [-0.1, -0.05) is 43.9 Å². The zero-order valence-electron chi connectivity index (χ0n) is 17.2. The van der Waals surface area contributed by atoms with E-state index in [1.165, 1.54) is 28.2 Å². The van der Waals surface area contributed by atoms with Gasteiger partial charge in [-0.3, -0.25) is 4.79 Å². The lowest BCUT2D eigenvalue weighted by atomic mass is 9.81. The monoisotopic (exact) mass is 405 g/mol. The Kier molecular flexibility index (Phi) is 5.99. The van der Waals surface area contributed by atoms with Gasteiger partial charge in [-0.25, -0.2) is 0 Å². The smallest absolute Gasteiger partial charge is 0.254 e. The minimum Gasteiger partial charge on any atom is -0.378 e. The van der Waals surface area contributed by atoms with Crippen molar-refractivity contribution in [1.82, 2.24) is 4.90 Å². The Bertz CT molecular complexity index is 947. The molecule has 0 atom stereocenters. The molecule has 0 spiro atoms. The lowest BCUT2D eigenvalue weighted by Gasteiger charge is -2.33. The maximum Gasteiger partial charge on any atom is 0.254 e. The van der Waals surface area contributed by atoms with Gasteiger partial charge in [0.15, 0.2) is 0 Å². The van der Waals surface area contributed by atoms with E-state index in [-0.39, 0.29) is 11.3 Å². The second kappa shape index (κ2) is 8.65. The van der Waals surface area contributed by atoms with Gasteiger partial charge in [-0.05, 0) is 53.0 Å². The number of hydrogen-bond donors (Lipinski definition) is 0. The quantitative estimate of drug-likeness (QED) is 0.688. The summed E-state index contributed by atoms with van der Waals surface area (Å²) >= 11 is 1.96. The molecule has 2 aromatic carbocycles. The second-order valence-corrected chi connectivity index (χ2v) is 9.34. The first-order valence-electron chi connectivity index (χ1n) is 10.3. The standard InChI is InChI=1S/C25H27NO2S/c1-25(2)13-18-29-23-20(7-4-8-22(23)25)6-3-5-19-9-11-21(12-10-19)24(27)26-14-16-28-17-15-26/h4,7-12H,6,13-18H2,1-2H3. The predicted octanol–water partition coefficient (Wildman–Crippen LogP) is 4.53. The first-order chi connectivity index (χ1) is 14.0. The molecule has 2 heterocycles. The van der Waals surface area contributed by atoms with Crippen LogP contribution in [0.1, 0.15) is 47.3 Å². The SMILES string of the molecule is CC1(C)CCSc2c(CC#Cc3ccc(C(=O)N4CCOCC4)cc3)cccc21. The molecule has 0 aromatic heterocycles. The van der Waals surface area contributed by atoms with Crippen molar-refractivity contribution in [2.75, 3.05) is 32.1 Å². The van der Waals surface area contributed by atoms with E-state index in [1.54, 1.807) is 0 Å². The summed E-state index contributed by atoms with van der Waals surface area (Å²) in [6.07, 6.45) is 1.97. The largest absolute Gasteiger partial charge is 0.378 e. The Morgan fingerprint density at radius 2 is 1.90 bits per heavy atom. The molecular weight excluding hydrogens is 378 g/mol. The van der Waals surface area contributed by atoms with Gasteiger partial charge in [0.05, 0.1) is 13.2 Å². The molecule has 4 rings (SSSR count). The van der Waals surface area contributed by atoms with Crippen LogP contribution in [0.2, 0.25) is 0 Å². The number of ether oxygens (including phenoxy) is 1. The topological polar surface area (TPSA) is 29.5 Å². The number of thioether (sulfide) groups is 1. The van der Waals surface area contributed by atoms with Gasteiger partial charge in [-0.2, -0.15) is 0 Å². The Labute approximate surface area is 177 Å². The average molecular weight is 406 g/mol. The highest BCUT2D eigenvalue weighted by Crippen LogP contribution is 2.43. The molecule has 2 aliphatic heterocycles. The number of hydrogen-bond acceptors (Lipinski definition) is 3. The highest BCUT2D eigenvalue weighted by atomic mass is 32.2. The number of nitrogens with zero attached hydrogens (tertiary/aromatic N) is 1. The number of morpholine rings is 1. The molecule has 1 saturated heterocycles. The van der Waals surface area contributed by atoms with Gasteiger partial charge < -0.3 is 9.64 Å². The summed E-state index contributed by atoms with van der Waals surface area (Å²) in [5.41, 5.74) is 4.69. The fourth-order valence-electron chi connectivity index (χ4n) is 3.86. The van der Waals surface area contributed by atoms with Gasteiger partial charge in [0.2, 0.25) is 0 Å². The van der Waals surface area contributed by atoms with Crippen molar-refractivity contribution >= 4 is 17.7 Å². The van der Waals surface area contributed by atoms with Gasteiger partial charge in [0.1, 0.15) is 0 Å². The van der Waals surface area contributed by atoms with Crippen molar-refractivity contribution in [1.29, 1.82) is 0 Å². The van der Waals surface area contributed by atoms with Crippen molar-refractivity contribution in [3.63, 3.8) is 0 Å². The summed E-state index contributed by atoms with van der Waals surface area (Å²) in [5.74, 6) is 7.84. The van der Waals surface area contributed by atoms with E-state index in [0.29, 0.717) is 31.9 Å². The molecule has 0 saturated carbocycles. The number of benzene rings is 2. The summed E-state index contributed by atoms with van der Waals surface area (Å²) in [4.78, 5) is 15.8. The Balaban J connectivity index is 1.45. The van der Waals surface area contributed by atoms with Gasteiger partial charge in [0.25, 0.3) is 5.91 Å². The number of fused-ring (bicyclic) bond motifs is 1. The van der Waals surface area contributed by atoms with E-state index in [2.05, 4.69) is 43.9 Å². The lowest BCUT2D eigenvalue weighted by molar-refractivity contribution is 0.0303. The van der Waals surface area contributed by atoms with E-state index in [4.69, 9.17) is 4.74 Å². The summed E-state index contributed by atoms with van der Waals surface area (Å²) in [5, 5.41) is 0. The van der Waals surface area contributed by atoms with Gasteiger partial charge in [0, 0.05) is 35.5 Å². The predicted molar refractivity (Wildman–Crippen MR) is 119 cm³/mol. The molecule has 29 heavy (non-hydrogen) atoms. The Morgan fingerprint density at radius 1 is 1.14 bits per heavy atom. The molecule has 3 nitrogen and oxygen atoms in total. The van der Waals surface area contributed by atoms with Crippen LogP contribution >= 0.6 is 11.8 Å². The minimum absolute atomic E-state index is 0.0726. The molecule has 0 radical (unpaired) electrons. The summed E-state index contributed by atoms with van der Waals surface area (Å²) < 4.78 is 5.32. The van der Waals surface area contributed by atoms with Crippen LogP contribution in [0, 0.1) is 11.8 Å². The molecule has 2 aromatic rings. The molecular formula is C25H27NO2S. The number of carbonyl (C=O) groups excluding carboxylic acids is 1. The van der Waals surface area contributed by atoms with Crippen LogP contribution < -0.4 is 0 Å². The minimum atomic E-state index is 0.0726. The Morgan fingerprint density at radius 3 is 2.66 bits per heavy atom. The van der Waals surface area contributed by atoms with Gasteiger partial charge >= 0.3 is 0 Å². The van der Waals surface area contributed by atoms with E-state index >= 15 is 0 Å². The van der Waals surface area contributed by atoms with Crippen molar-refractivity contribution in [3.05, 3.63) is 64.7 Å². The maximum atomic E-state index is 12.5. The zero-order chi connectivity index (χ0) is 20.3. The third-order valence-electron chi connectivity index (χ3n) is 5.74. The van der Waals surface area contributed by atoms with E-state index in [1.807, 2.05) is 40.9 Å². The van der Waals surface area contributed by atoms with Crippen LogP contribution in [0.4, 0.5) is 0 Å². The van der Waals surface area contributed by atoms with Crippen molar-refractivity contribution < 1.29 is 9.53 Å². The zero-order valence-corrected chi connectivity index (χ0v) is 18.0. The van der Waals surface area contributed by atoms with Crippen molar-refractivity contribution in [3.8, 4) is 11.8 Å². The molecule has 0 aliphatic carbocycles. The summed E-state index contributed by atoms with van der Waals surface area (Å²) in [7, 11) is 0. The number of amides is 1. The van der Waals surface area contributed by atoms with Crippen LogP contribution in [-0.4, -0.2) is 42.9 Å². The third kappa shape index (κ3) is 4.52. The molecule has 4 heteroatoms. The normalized spacial score (nSPS) is 17.8. The second-order valence-electron chi connectivity index (χ2n) is 8.24. The maximum absolute atomic E-state index is 12.5. The average Bonchev–Trinajstić information content (AvgIpc) is 2.75. The summed E-state index contributed by atoms with van der Waals surface area (Å²) in [6.45, 7) is 7.23. The van der Waals surface area contributed by atoms with E-state index in [0.717, 1.165) is 12.0 Å². The molecule has 150 valence electrons.